The maximum Gasteiger partial charge on any atom is 0.332 e. The molecule has 7 nitrogen and oxygen atoms in total. The minimum absolute atomic E-state index is 0.564. The van der Waals surface area contributed by atoms with E-state index < -0.39 is 6.03 Å². The van der Waals surface area contributed by atoms with E-state index in [1.54, 1.807) is 18.7 Å². The van der Waals surface area contributed by atoms with Crippen LogP contribution in [-0.4, -0.2) is 26.7 Å². The van der Waals surface area contributed by atoms with Gasteiger partial charge in [0.1, 0.15) is 5.69 Å². The van der Waals surface area contributed by atoms with Crippen molar-refractivity contribution in [3.63, 3.8) is 0 Å². The van der Waals surface area contributed by atoms with Gasteiger partial charge in [-0.05, 0) is 13.8 Å². The van der Waals surface area contributed by atoms with Crippen LogP contribution in [0.1, 0.15) is 18.3 Å². The second kappa shape index (κ2) is 3.86. The Hall–Kier alpha value is -1.92. The van der Waals surface area contributed by atoms with Crippen molar-refractivity contribution in [2.24, 2.45) is 17.9 Å². The van der Waals surface area contributed by atoms with Crippen molar-refractivity contribution in [1.82, 2.24) is 20.4 Å². The van der Waals surface area contributed by atoms with Crippen molar-refractivity contribution in [2.75, 3.05) is 0 Å². The summed E-state index contributed by atoms with van der Waals surface area (Å²) in [5.74, 6) is 0. The molecule has 0 aliphatic carbocycles. The van der Waals surface area contributed by atoms with E-state index in [1.807, 2.05) is 6.92 Å². The Morgan fingerprint density at radius 3 is 2.71 bits per heavy atom. The van der Waals surface area contributed by atoms with Crippen LogP contribution in [0.2, 0.25) is 0 Å². The lowest BCUT2D eigenvalue weighted by Crippen LogP contribution is -2.25. The fraction of sp³-hybridized carbons (Fsp3) is 0.429. The van der Waals surface area contributed by atoms with Crippen LogP contribution in [0.4, 0.5) is 4.79 Å². The highest BCUT2D eigenvalue weighted by molar-refractivity contribution is 5.98. The van der Waals surface area contributed by atoms with Crippen LogP contribution >= 0.6 is 0 Å². The van der Waals surface area contributed by atoms with Crippen molar-refractivity contribution in [1.29, 1.82) is 0 Å². The summed E-state index contributed by atoms with van der Waals surface area (Å²) in [4.78, 5) is 10.4. The number of amides is 2. The number of hydrogen-bond donors (Lipinski definition) is 2. The molecule has 0 fully saturated rings. The van der Waals surface area contributed by atoms with Gasteiger partial charge < -0.3 is 5.73 Å². The molecular formula is C7H12N6O. The summed E-state index contributed by atoms with van der Waals surface area (Å²) in [6.07, 6.45) is 0. The lowest BCUT2D eigenvalue weighted by atomic mass is 10.2. The predicted molar refractivity (Wildman–Crippen MR) is 50.7 cm³/mol. The summed E-state index contributed by atoms with van der Waals surface area (Å²) < 4.78 is 1.62. The summed E-state index contributed by atoms with van der Waals surface area (Å²) in [6, 6.07) is -0.703. The number of hydrazone groups is 1. The largest absolute Gasteiger partial charge is 0.350 e. The van der Waals surface area contributed by atoms with Crippen molar-refractivity contribution in [3.05, 3.63) is 11.4 Å². The van der Waals surface area contributed by atoms with Gasteiger partial charge in [-0.15, -0.1) is 5.10 Å². The summed E-state index contributed by atoms with van der Waals surface area (Å²) >= 11 is 0. The molecule has 7 heteroatoms. The summed E-state index contributed by atoms with van der Waals surface area (Å²) in [5, 5.41) is 11.4. The van der Waals surface area contributed by atoms with E-state index in [2.05, 4.69) is 20.8 Å². The van der Waals surface area contributed by atoms with Crippen molar-refractivity contribution in [2.45, 2.75) is 13.8 Å². The molecule has 0 aliphatic heterocycles. The Morgan fingerprint density at radius 2 is 2.29 bits per heavy atom. The molecule has 76 valence electrons. The molecule has 0 bridgehead atoms. The summed E-state index contributed by atoms with van der Waals surface area (Å²) in [7, 11) is 1.78. The van der Waals surface area contributed by atoms with E-state index in [0.29, 0.717) is 11.4 Å². The molecule has 2 amide bonds. The van der Waals surface area contributed by atoms with E-state index >= 15 is 0 Å². The Bertz CT molecular complexity index is 380. The number of carbonyl (C=O) groups excluding carboxylic acids is 1. The summed E-state index contributed by atoms with van der Waals surface area (Å²) in [5.41, 5.74) is 9.07. The molecule has 1 rings (SSSR count). The number of aryl methyl sites for hydroxylation is 1. The average molecular weight is 196 g/mol. The number of nitrogens with two attached hydrogens (primary N) is 1. The smallest absolute Gasteiger partial charge is 0.332 e. The molecule has 0 unspecified atom stereocenters. The van der Waals surface area contributed by atoms with Gasteiger partial charge in [-0.25, -0.2) is 10.2 Å². The highest BCUT2D eigenvalue weighted by Crippen LogP contribution is 2.02. The van der Waals surface area contributed by atoms with Gasteiger partial charge in [0.25, 0.3) is 0 Å². The number of rotatable bonds is 2. The second-order valence-electron chi connectivity index (χ2n) is 2.82. The maximum absolute atomic E-state index is 10.4. The van der Waals surface area contributed by atoms with Gasteiger partial charge in [-0.3, -0.25) is 4.68 Å². The summed E-state index contributed by atoms with van der Waals surface area (Å²) in [6.45, 7) is 3.57. The molecule has 0 spiro atoms. The SMILES string of the molecule is C/C(=N/NC(N)=O)c1nnn(C)c1C. The van der Waals surface area contributed by atoms with E-state index in [0.717, 1.165) is 5.69 Å². The number of aromatic nitrogens is 3. The second-order valence-corrected chi connectivity index (χ2v) is 2.82. The Morgan fingerprint density at radius 1 is 1.64 bits per heavy atom. The Kier molecular flexibility index (Phi) is 2.80. The predicted octanol–water partition coefficient (Wildman–Crippen LogP) is -0.484. The van der Waals surface area contributed by atoms with Crippen molar-refractivity contribution >= 4 is 11.7 Å². The van der Waals surface area contributed by atoms with Crippen LogP contribution in [0, 0.1) is 6.92 Å². The van der Waals surface area contributed by atoms with Crippen LogP contribution in [0.15, 0.2) is 5.10 Å². The number of nitrogens with one attached hydrogen (secondary N) is 1. The molecular weight excluding hydrogens is 184 g/mol. The monoisotopic (exact) mass is 196 g/mol. The minimum atomic E-state index is -0.703. The zero-order valence-electron chi connectivity index (χ0n) is 8.27. The van der Waals surface area contributed by atoms with Crippen LogP contribution in [-0.2, 0) is 7.05 Å². The van der Waals surface area contributed by atoms with Crippen LogP contribution in [0.3, 0.4) is 0 Å². The molecule has 0 atom stereocenters. The quantitative estimate of drug-likeness (QED) is 0.493. The van der Waals surface area contributed by atoms with Gasteiger partial charge in [0.05, 0.1) is 11.4 Å². The number of nitrogens with zero attached hydrogens (tertiary/aromatic N) is 4. The number of carbonyl (C=O) groups is 1. The molecule has 0 aromatic carbocycles. The van der Waals surface area contributed by atoms with E-state index in [1.165, 1.54) is 0 Å². The first-order valence-corrected chi connectivity index (χ1v) is 3.98. The molecule has 3 N–H and O–H groups in total. The van der Waals surface area contributed by atoms with Gasteiger partial charge in [-0.1, -0.05) is 5.21 Å². The highest BCUT2D eigenvalue weighted by atomic mass is 16.2. The number of hydrogen-bond acceptors (Lipinski definition) is 4. The van der Waals surface area contributed by atoms with E-state index in [4.69, 9.17) is 5.73 Å². The normalized spacial score (nSPS) is 11.5. The molecule has 14 heavy (non-hydrogen) atoms. The van der Waals surface area contributed by atoms with E-state index in [-0.39, 0.29) is 0 Å². The molecule has 0 saturated heterocycles. The first-order valence-electron chi connectivity index (χ1n) is 3.98. The fourth-order valence-corrected chi connectivity index (χ4v) is 0.931. The number of primary amides is 1. The van der Waals surface area contributed by atoms with Gasteiger partial charge in [0, 0.05) is 7.05 Å². The van der Waals surface area contributed by atoms with Gasteiger partial charge in [-0.2, -0.15) is 5.10 Å². The van der Waals surface area contributed by atoms with Gasteiger partial charge in [0.2, 0.25) is 0 Å². The molecule has 1 heterocycles. The van der Waals surface area contributed by atoms with E-state index in [9.17, 15) is 4.79 Å². The minimum Gasteiger partial charge on any atom is -0.350 e. The molecule has 0 saturated carbocycles. The lowest BCUT2D eigenvalue weighted by molar-refractivity contribution is 0.249. The van der Waals surface area contributed by atoms with Crippen LogP contribution in [0.25, 0.3) is 0 Å². The third-order valence-corrected chi connectivity index (χ3v) is 1.78. The molecule has 1 aromatic rings. The molecule has 0 aliphatic rings. The number of urea groups is 1. The third-order valence-electron chi connectivity index (χ3n) is 1.78. The first-order chi connectivity index (χ1) is 6.52. The van der Waals surface area contributed by atoms with Crippen LogP contribution in [0.5, 0.6) is 0 Å². The first kappa shape index (κ1) is 10.2. The Balaban J connectivity index is 2.89. The van der Waals surface area contributed by atoms with Crippen molar-refractivity contribution < 1.29 is 4.79 Å². The van der Waals surface area contributed by atoms with Gasteiger partial charge >= 0.3 is 6.03 Å². The van der Waals surface area contributed by atoms with Crippen molar-refractivity contribution in [3.8, 4) is 0 Å². The standard InChI is InChI=1S/C7H12N6O/c1-4(9-11-7(8)14)6-5(2)13(3)12-10-6/h1-3H3,(H3,8,11,14)/b9-4-. The zero-order valence-corrected chi connectivity index (χ0v) is 8.27. The topological polar surface area (TPSA) is 98.2 Å². The van der Waals surface area contributed by atoms with Crippen LogP contribution < -0.4 is 11.2 Å². The fourth-order valence-electron chi connectivity index (χ4n) is 0.931. The van der Waals surface area contributed by atoms with Gasteiger partial charge in [0.15, 0.2) is 0 Å². The average Bonchev–Trinajstić information content (AvgIpc) is 2.44. The zero-order chi connectivity index (χ0) is 10.7. The molecule has 1 aromatic heterocycles. The lowest BCUT2D eigenvalue weighted by Gasteiger charge is -1.97. The Labute approximate surface area is 81.0 Å². The highest BCUT2D eigenvalue weighted by Gasteiger charge is 2.08. The maximum atomic E-state index is 10.4. The molecule has 0 radical (unpaired) electrons. The third kappa shape index (κ3) is 2.06.